The minimum Gasteiger partial charge on any atom is -0.396 e. The number of rotatable bonds is 5. The third-order valence-electron chi connectivity index (χ3n) is 2.76. The Morgan fingerprint density at radius 1 is 1.42 bits per heavy atom. The molecule has 0 unspecified atom stereocenters. The van der Waals surface area contributed by atoms with Gasteiger partial charge < -0.3 is 10.8 Å². The molecule has 0 saturated heterocycles. The zero-order valence-corrected chi connectivity index (χ0v) is 12.0. The van der Waals surface area contributed by atoms with Gasteiger partial charge in [0.15, 0.2) is 0 Å². The molecule has 0 bridgehead atoms. The molecule has 7 heteroatoms. The Bertz CT molecular complexity index is 535. The van der Waals surface area contributed by atoms with E-state index in [9.17, 15) is 12.8 Å². The lowest BCUT2D eigenvalue weighted by Gasteiger charge is -2.25. The first-order valence-electron chi connectivity index (χ1n) is 5.90. The molecule has 0 saturated carbocycles. The van der Waals surface area contributed by atoms with Gasteiger partial charge >= 0.3 is 0 Å². The smallest absolute Gasteiger partial charge is 0.243 e. The van der Waals surface area contributed by atoms with Gasteiger partial charge in [-0.25, -0.2) is 12.8 Å². The third kappa shape index (κ3) is 3.23. The summed E-state index contributed by atoms with van der Waals surface area (Å²) in [6.07, 6.45) is 0. The largest absolute Gasteiger partial charge is 0.396 e. The lowest BCUT2D eigenvalue weighted by Crippen LogP contribution is -2.39. The standard InChI is InChI=1S/C12H19FN2O3S/c1-8(2)15(4-5-16)19(17,18)10-6-9(3)12(13)11(14)7-10/h6-8,16H,4-5,14H2,1-3H3. The third-order valence-corrected chi connectivity index (χ3v) is 4.81. The first-order chi connectivity index (χ1) is 8.71. The molecule has 1 aromatic carbocycles. The maximum atomic E-state index is 13.4. The van der Waals surface area contributed by atoms with Crippen LogP contribution in [0.3, 0.4) is 0 Å². The first kappa shape index (κ1) is 15.9. The number of nitrogens with two attached hydrogens (primary N) is 1. The molecule has 5 nitrogen and oxygen atoms in total. The summed E-state index contributed by atoms with van der Waals surface area (Å²) in [4.78, 5) is -0.0638. The number of aliphatic hydroxyl groups is 1. The average Bonchev–Trinajstić information content (AvgIpc) is 2.31. The number of hydrogen-bond acceptors (Lipinski definition) is 4. The maximum Gasteiger partial charge on any atom is 0.243 e. The Balaban J connectivity index is 3.33. The number of aliphatic hydroxyl groups excluding tert-OH is 1. The molecule has 0 amide bonds. The van der Waals surface area contributed by atoms with Crippen molar-refractivity contribution in [2.24, 2.45) is 0 Å². The lowest BCUT2D eigenvalue weighted by molar-refractivity contribution is 0.236. The molecule has 3 N–H and O–H groups in total. The molecule has 108 valence electrons. The molecule has 0 atom stereocenters. The van der Waals surface area contributed by atoms with Crippen LogP contribution >= 0.6 is 0 Å². The Kier molecular flexibility index (Phi) is 4.89. The van der Waals surface area contributed by atoms with Crippen LogP contribution in [0.5, 0.6) is 0 Å². The molecule has 1 aromatic rings. The molecule has 0 aliphatic heterocycles. The van der Waals surface area contributed by atoms with Gasteiger partial charge in [0.05, 0.1) is 17.2 Å². The van der Waals surface area contributed by atoms with Crippen LogP contribution in [0.1, 0.15) is 19.4 Å². The highest BCUT2D eigenvalue weighted by Crippen LogP contribution is 2.24. The molecular formula is C12H19FN2O3S. The molecule has 0 spiro atoms. The molecule has 0 fully saturated rings. The van der Waals surface area contributed by atoms with Gasteiger partial charge in [0.2, 0.25) is 10.0 Å². The minimum absolute atomic E-state index is 0.0175. The summed E-state index contributed by atoms with van der Waals surface area (Å²) in [5, 5.41) is 8.96. The van der Waals surface area contributed by atoms with E-state index in [1.54, 1.807) is 13.8 Å². The Hall–Kier alpha value is -1.18. The second-order valence-electron chi connectivity index (χ2n) is 4.58. The number of aryl methyl sites for hydroxylation is 1. The van der Waals surface area contributed by atoms with Crippen LogP contribution < -0.4 is 5.73 Å². The maximum absolute atomic E-state index is 13.4. The number of nitrogens with zero attached hydrogens (tertiary/aromatic N) is 1. The predicted octanol–water partition coefficient (Wildman–Crippen LogP) is 1.11. The van der Waals surface area contributed by atoms with E-state index in [0.29, 0.717) is 0 Å². The van der Waals surface area contributed by atoms with Crippen molar-refractivity contribution in [3.05, 3.63) is 23.5 Å². The fourth-order valence-electron chi connectivity index (χ4n) is 1.80. The van der Waals surface area contributed by atoms with Crippen molar-refractivity contribution < 1.29 is 17.9 Å². The van der Waals surface area contributed by atoms with Crippen LogP contribution in [-0.2, 0) is 10.0 Å². The summed E-state index contributed by atoms with van der Waals surface area (Å²) in [6, 6.07) is 2.03. The molecule has 19 heavy (non-hydrogen) atoms. The predicted molar refractivity (Wildman–Crippen MR) is 71.7 cm³/mol. The summed E-state index contributed by atoms with van der Waals surface area (Å²) < 4.78 is 39.4. The SMILES string of the molecule is Cc1cc(S(=O)(=O)N(CCO)C(C)C)cc(N)c1F. The number of sulfonamides is 1. The van der Waals surface area contributed by atoms with Crippen molar-refractivity contribution in [1.82, 2.24) is 4.31 Å². The van der Waals surface area contributed by atoms with E-state index in [1.807, 2.05) is 0 Å². The van der Waals surface area contributed by atoms with E-state index >= 15 is 0 Å². The van der Waals surface area contributed by atoms with Gasteiger partial charge in [-0.2, -0.15) is 4.31 Å². The summed E-state index contributed by atoms with van der Waals surface area (Å²) in [6.45, 7) is 4.56. The van der Waals surface area contributed by atoms with E-state index in [1.165, 1.54) is 13.0 Å². The van der Waals surface area contributed by atoms with Crippen molar-refractivity contribution in [3.8, 4) is 0 Å². The van der Waals surface area contributed by atoms with Gasteiger partial charge in [0.1, 0.15) is 5.82 Å². The zero-order valence-electron chi connectivity index (χ0n) is 11.2. The van der Waals surface area contributed by atoms with Gasteiger partial charge in [-0.3, -0.25) is 0 Å². The van der Waals surface area contributed by atoms with Gasteiger partial charge in [-0.1, -0.05) is 0 Å². The van der Waals surface area contributed by atoms with Crippen LogP contribution in [-0.4, -0.2) is 37.0 Å². The Morgan fingerprint density at radius 2 is 2.00 bits per heavy atom. The van der Waals surface area contributed by atoms with Crippen molar-refractivity contribution >= 4 is 15.7 Å². The highest BCUT2D eigenvalue weighted by atomic mass is 32.2. The van der Waals surface area contributed by atoms with Crippen LogP contribution in [0.4, 0.5) is 10.1 Å². The van der Waals surface area contributed by atoms with E-state index in [2.05, 4.69) is 0 Å². The minimum atomic E-state index is -3.80. The average molecular weight is 290 g/mol. The quantitative estimate of drug-likeness (QED) is 0.796. The molecule has 0 aromatic heterocycles. The Morgan fingerprint density at radius 3 is 2.42 bits per heavy atom. The van der Waals surface area contributed by atoms with Gasteiger partial charge in [-0.05, 0) is 38.5 Å². The molecule has 1 rings (SSSR count). The van der Waals surface area contributed by atoms with Gasteiger partial charge in [0.25, 0.3) is 0 Å². The highest BCUT2D eigenvalue weighted by Gasteiger charge is 2.27. The summed E-state index contributed by atoms with van der Waals surface area (Å²) in [5.41, 5.74) is 5.43. The van der Waals surface area contributed by atoms with Crippen LogP contribution in [0, 0.1) is 12.7 Å². The number of benzene rings is 1. The summed E-state index contributed by atoms with van der Waals surface area (Å²) >= 11 is 0. The lowest BCUT2D eigenvalue weighted by atomic mass is 10.2. The second kappa shape index (κ2) is 5.85. The first-order valence-corrected chi connectivity index (χ1v) is 7.34. The number of nitrogen functional groups attached to an aromatic ring is 1. The van der Waals surface area contributed by atoms with E-state index in [4.69, 9.17) is 10.8 Å². The molecular weight excluding hydrogens is 271 g/mol. The normalized spacial score (nSPS) is 12.4. The summed E-state index contributed by atoms with van der Waals surface area (Å²) in [7, 11) is -3.80. The topological polar surface area (TPSA) is 83.6 Å². The van der Waals surface area contributed by atoms with Crippen LogP contribution in [0.15, 0.2) is 17.0 Å². The summed E-state index contributed by atoms with van der Waals surface area (Å²) in [5.74, 6) is -0.614. The van der Waals surface area contributed by atoms with Crippen molar-refractivity contribution in [2.75, 3.05) is 18.9 Å². The number of halogens is 1. The fraction of sp³-hybridized carbons (Fsp3) is 0.500. The van der Waals surface area contributed by atoms with Gasteiger partial charge in [-0.15, -0.1) is 0 Å². The highest BCUT2D eigenvalue weighted by molar-refractivity contribution is 7.89. The molecule has 0 aliphatic carbocycles. The monoisotopic (exact) mass is 290 g/mol. The molecule has 0 radical (unpaired) electrons. The van der Waals surface area contributed by atoms with E-state index in [0.717, 1.165) is 10.4 Å². The van der Waals surface area contributed by atoms with Crippen LogP contribution in [0.25, 0.3) is 0 Å². The fourth-order valence-corrected chi connectivity index (χ4v) is 3.55. The van der Waals surface area contributed by atoms with Crippen molar-refractivity contribution in [2.45, 2.75) is 31.7 Å². The van der Waals surface area contributed by atoms with Crippen LogP contribution in [0.2, 0.25) is 0 Å². The molecule has 0 heterocycles. The second-order valence-corrected chi connectivity index (χ2v) is 6.47. The van der Waals surface area contributed by atoms with Gasteiger partial charge in [0, 0.05) is 12.6 Å². The van der Waals surface area contributed by atoms with Crippen molar-refractivity contribution in [1.29, 1.82) is 0 Å². The number of hydrogen-bond donors (Lipinski definition) is 2. The molecule has 0 aliphatic rings. The number of anilines is 1. The van der Waals surface area contributed by atoms with Crippen molar-refractivity contribution in [3.63, 3.8) is 0 Å². The zero-order chi connectivity index (χ0) is 14.8. The van der Waals surface area contributed by atoms with E-state index < -0.39 is 15.8 Å². The van der Waals surface area contributed by atoms with E-state index in [-0.39, 0.29) is 35.3 Å². The Labute approximate surface area is 112 Å².